The predicted octanol–water partition coefficient (Wildman–Crippen LogP) is 2.36. The molecule has 0 unspecified atom stereocenters. The second kappa shape index (κ2) is 6.50. The number of benzene rings is 1. The molecule has 6 nitrogen and oxygen atoms in total. The van der Waals surface area contributed by atoms with Crippen molar-refractivity contribution in [2.24, 2.45) is 0 Å². The van der Waals surface area contributed by atoms with Crippen LogP contribution in [0.15, 0.2) is 41.4 Å². The number of hydrogen-bond donors (Lipinski definition) is 1. The van der Waals surface area contributed by atoms with Gasteiger partial charge in [0.2, 0.25) is 15.8 Å². The minimum absolute atomic E-state index is 0.0521. The van der Waals surface area contributed by atoms with Crippen LogP contribution in [0.5, 0.6) is 0 Å². The van der Waals surface area contributed by atoms with Crippen LogP contribution in [-0.2, 0) is 22.7 Å². The number of rotatable bonds is 6. The standard InChI is InChI=1S/C13H12F3N3O3S/c1-2-7-23(20,21)17-8-9-3-5-10(6-4-9)11-18-12(22-19-11)13(14,15)16/h2-6,17H,1,7-8H2. The molecule has 0 amide bonds. The summed E-state index contributed by atoms with van der Waals surface area (Å²) in [5, 5.41) is 3.26. The maximum absolute atomic E-state index is 12.4. The number of halogens is 3. The van der Waals surface area contributed by atoms with Crippen LogP contribution in [0, 0.1) is 0 Å². The third kappa shape index (κ3) is 4.63. The average Bonchev–Trinajstić information content (AvgIpc) is 2.96. The Morgan fingerprint density at radius 1 is 1.26 bits per heavy atom. The van der Waals surface area contributed by atoms with Gasteiger partial charge in [0.1, 0.15) is 0 Å². The molecule has 0 aliphatic carbocycles. The lowest BCUT2D eigenvalue weighted by Crippen LogP contribution is -2.24. The van der Waals surface area contributed by atoms with Gasteiger partial charge in [-0.05, 0) is 5.56 Å². The van der Waals surface area contributed by atoms with Crippen molar-refractivity contribution in [3.8, 4) is 11.4 Å². The van der Waals surface area contributed by atoms with Crippen LogP contribution in [0.3, 0.4) is 0 Å². The molecule has 0 atom stereocenters. The molecule has 0 spiro atoms. The summed E-state index contributed by atoms with van der Waals surface area (Å²) in [5.74, 6) is -1.82. The van der Waals surface area contributed by atoms with Crippen LogP contribution < -0.4 is 4.72 Å². The smallest absolute Gasteiger partial charge is 0.329 e. The Morgan fingerprint density at radius 2 is 1.91 bits per heavy atom. The number of nitrogens with zero attached hydrogens (tertiary/aromatic N) is 2. The number of aromatic nitrogens is 2. The first-order chi connectivity index (χ1) is 10.7. The molecule has 0 radical (unpaired) electrons. The third-order valence-corrected chi connectivity index (χ3v) is 3.97. The maximum Gasteiger partial charge on any atom is 0.471 e. The highest BCUT2D eigenvalue weighted by molar-refractivity contribution is 7.89. The Balaban J connectivity index is 2.08. The Bertz CT molecular complexity index is 783. The molecular weight excluding hydrogens is 335 g/mol. The maximum atomic E-state index is 12.4. The Hall–Kier alpha value is -2.20. The van der Waals surface area contributed by atoms with E-state index in [0.29, 0.717) is 11.1 Å². The summed E-state index contributed by atoms with van der Waals surface area (Å²) in [6.07, 6.45) is -3.44. The van der Waals surface area contributed by atoms with Crippen molar-refractivity contribution in [3.63, 3.8) is 0 Å². The van der Waals surface area contributed by atoms with Crippen LogP contribution in [0.4, 0.5) is 13.2 Å². The monoisotopic (exact) mass is 347 g/mol. The normalized spacial score (nSPS) is 12.3. The number of alkyl halides is 3. The molecule has 0 saturated heterocycles. The first kappa shape index (κ1) is 17.2. The van der Waals surface area contributed by atoms with Gasteiger partial charge in [0, 0.05) is 12.1 Å². The number of nitrogens with one attached hydrogen (secondary N) is 1. The molecule has 124 valence electrons. The van der Waals surface area contributed by atoms with Gasteiger partial charge in [-0.3, -0.25) is 0 Å². The molecule has 0 aliphatic rings. The summed E-state index contributed by atoms with van der Waals surface area (Å²) in [6, 6.07) is 6.05. The number of hydrogen-bond acceptors (Lipinski definition) is 5. The van der Waals surface area contributed by atoms with Crippen LogP contribution in [0.25, 0.3) is 11.4 Å². The van der Waals surface area contributed by atoms with Gasteiger partial charge in [0.15, 0.2) is 0 Å². The summed E-state index contributed by atoms with van der Waals surface area (Å²) >= 11 is 0. The van der Waals surface area contributed by atoms with Gasteiger partial charge in [-0.15, -0.1) is 6.58 Å². The minimum atomic E-state index is -4.70. The third-order valence-electron chi connectivity index (χ3n) is 2.71. The van der Waals surface area contributed by atoms with Crippen molar-refractivity contribution in [2.45, 2.75) is 12.7 Å². The second-order valence-corrected chi connectivity index (χ2v) is 6.36. The van der Waals surface area contributed by atoms with E-state index in [4.69, 9.17) is 0 Å². The molecule has 0 saturated carbocycles. The highest BCUT2D eigenvalue weighted by atomic mass is 32.2. The fraction of sp³-hybridized carbons (Fsp3) is 0.231. The van der Waals surface area contributed by atoms with Gasteiger partial charge in [-0.25, -0.2) is 13.1 Å². The van der Waals surface area contributed by atoms with Crippen molar-refractivity contribution >= 4 is 10.0 Å². The summed E-state index contributed by atoms with van der Waals surface area (Å²) in [7, 11) is -3.44. The second-order valence-electron chi connectivity index (χ2n) is 4.51. The Labute approximate surface area is 130 Å². The largest absolute Gasteiger partial charge is 0.471 e. The summed E-state index contributed by atoms with van der Waals surface area (Å²) in [6.45, 7) is 3.40. The van der Waals surface area contributed by atoms with E-state index in [9.17, 15) is 21.6 Å². The highest BCUT2D eigenvalue weighted by Gasteiger charge is 2.38. The molecule has 23 heavy (non-hydrogen) atoms. The lowest BCUT2D eigenvalue weighted by Gasteiger charge is -2.05. The molecule has 1 aromatic heterocycles. The van der Waals surface area contributed by atoms with Crippen LogP contribution in [0.1, 0.15) is 11.5 Å². The summed E-state index contributed by atoms with van der Waals surface area (Å²) < 4.78 is 66.6. The number of sulfonamides is 1. The minimum Gasteiger partial charge on any atom is -0.329 e. The molecule has 1 N–H and O–H groups in total. The summed E-state index contributed by atoms with van der Waals surface area (Å²) in [5.41, 5.74) is 0.947. The first-order valence-electron chi connectivity index (χ1n) is 6.30. The molecule has 0 aliphatic heterocycles. The van der Waals surface area contributed by atoms with E-state index in [1.165, 1.54) is 18.2 Å². The van der Waals surface area contributed by atoms with E-state index >= 15 is 0 Å². The lowest BCUT2D eigenvalue weighted by atomic mass is 10.1. The van der Waals surface area contributed by atoms with Gasteiger partial charge in [-0.2, -0.15) is 18.2 Å². The topological polar surface area (TPSA) is 85.1 Å². The molecule has 0 bridgehead atoms. The zero-order chi connectivity index (χ0) is 17.1. The highest BCUT2D eigenvalue weighted by Crippen LogP contribution is 2.29. The van der Waals surface area contributed by atoms with Crippen molar-refractivity contribution in [3.05, 3.63) is 48.4 Å². The van der Waals surface area contributed by atoms with Crippen molar-refractivity contribution < 1.29 is 26.1 Å². The van der Waals surface area contributed by atoms with Gasteiger partial charge < -0.3 is 4.52 Å². The SMILES string of the molecule is C=CCS(=O)(=O)NCc1ccc(-c2noc(C(F)(F)F)n2)cc1. The Kier molecular flexibility index (Phi) is 4.85. The van der Waals surface area contributed by atoms with Gasteiger partial charge in [0.25, 0.3) is 0 Å². The quantitative estimate of drug-likeness (QED) is 0.811. The zero-order valence-corrected chi connectivity index (χ0v) is 12.5. The molecule has 2 aromatic rings. The zero-order valence-electron chi connectivity index (χ0n) is 11.7. The van der Waals surface area contributed by atoms with Gasteiger partial charge >= 0.3 is 12.1 Å². The lowest BCUT2D eigenvalue weighted by molar-refractivity contribution is -0.159. The molecule has 1 aromatic carbocycles. The fourth-order valence-electron chi connectivity index (χ4n) is 1.63. The van der Waals surface area contributed by atoms with Crippen LogP contribution in [0.2, 0.25) is 0 Å². The average molecular weight is 347 g/mol. The van der Waals surface area contributed by atoms with E-state index in [-0.39, 0.29) is 18.1 Å². The molecular formula is C13H12F3N3O3S. The first-order valence-corrected chi connectivity index (χ1v) is 7.95. The molecule has 1 heterocycles. The van der Waals surface area contributed by atoms with Crippen molar-refractivity contribution in [1.82, 2.24) is 14.9 Å². The summed E-state index contributed by atoms with van der Waals surface area (Å²) in [4.78, 5) is 3.27. The van der Waals surface area contributed by atoms with E-state index in [2.05, 4.69) is 26.0 Å². The van der Waals surface area contributed by atoms with E-state index in [0.717, 1.165) is 0 Å². The van der Waals surface area contributed by atoms with Crippen LogP contribution >= 0.6 is 0 Å². The van der Waals surface area contributed by atoms with Crippen molar-refractivity contribution in [1.29, 1.82) is 0 Å². The van der Waals surface area contributed by atoms with Gasteiger partial charge in [0.05, 0.1) is 5.75 Å². The Morgan fingerprint density at radius 3 is 2.43 bits per heavy atom. The van der Waals surface area contributed by atoms with E-state index < -0.39 is 22.1 Å². The fourth-order valence-corrected chi connectivity index (χ4v) is 2.45. The molecule has 0 fully saturated rings. The van der Waals surface area contributed by atoms with Gasteiger partial charge in [-0.1, -0.05) is 35.5 Å². The van der Waals surface area contributed by atoms with Crippen LogP contribution in [-0.4, -0.2) is 24.3 Å². The molecule has 10 heteroatoms. The van der Waals surface area contributed by atoms with Crippen molar-refractivity contribution in [2.75, 3.05) is 5.75 Å². The van der Waals surface area contributed by atoms with E-state index in [1.54, 1.807) is 12.1 Å². The van der Waals surface area contributed by atoms with E-state index in [1.807, 2.05) is 0 Å². The molecule has 2 rings (SSSR count). The predicted molar refractivity (Wildman–Crippen MR) is 75.6 cm³/mol.